The van der Waals surface area contributed by atoms with Gasteiger partial charge in [-0.25, -0.2) is 4.68 Å². The Morgan fingerprint density at radius 3 is 2.84 bits per heavy atom. The van der Waals surface area contributed by atoms with E-state index in [1.807, 2.05) is 11.8 Å². The number of aromatic nitrogens is 4. The molecule has 1 saturated heterocycles. The van der Waals surface area contributed by atoms with Crippen molar-refractivity contribution in [2.45, 2.75) is 25.8 Å². The zero-order valence-electron chi connectivity index (χ0n) is 10.9. The van der Waals surface area contributed by atoms with Crippen LogP contribution in [0.1, 0.15) is 18.4 Å². The van der Waals surface area contributed by atoms with Crippen LogP contribution in [-0.2, 0) is 0 Å². The second-order valence-electron chi connectivity index (χ2n) is 4.79. The topological polar surface area (TPSA) is 55.6 Å². The third-order valence-corrected chi connectivity index (χ3v) is 4.43. The molecule has 1 aromatic heterocycles. The SMILES string of the molecule is Cc1cc(NC2CCSCC2)ccc1-n1cnnn1. The molecule has 0 unspecified atom stereocenters. The van der Waals surface area contributed by atoms with Crippen molar-refractivity contribution in [2.24, 2.45) is 0 Å². The average Bonchev–Trinajstić information content (AvgIpc) is 2.94. The highest BCUT2D eigenvalue weighted by Crippen LogP contribution is 2.23. The average molecular weight is 275 g/mol. The van der Waals surface area contributed by atoms with Gasteiger partial charge in [-0.1, -0.05) is 0 Å². The van der Waals surface area contributed by atoms with Crippen molar-refractivity contribution in [1.29, 1.82) is 0 Å². The van der Waals surface area contributed by atoms with Gasteiger partial charge in [-0.2, -0.15) is 11.8 Å². The number of hydrogen-bond donors (Lipinski definition) is 1. The summed E-state index contributed by atoms with van der Waals surface area (Å²) >= 11 is 2.05. The molecule has 1 aliphatic rings. The van der Waals surface area contributed by atoms with E-state index >= 15 is 0 Å². The second-order valence-corrected chi connectivity index (χ2v) is 6.01. The van der Waals surface area contributed by atoms with Crippen molar-refractivity contribution in [3.05, 3.63) is 30.1 Å². The molecule has 1 aromatic carbocycles. The van der Waals surface area contributed by atoms with Gasteiger partial charge in [0, 0.05) is 11.7 Å². The summed E-state index contributed by atoms with van der Waals surface area (Å²) < 4.78 is 1.69. The van der Waals surface area contributed by atoms with E-state index in [0.717, 1.165) is 5.69 Å². The maximum atomic E-state index is 3.93. The highest BCUT2D eigenvalue weighted by molar-refractivity contribution is 7.99. The first-order chi connectivity index (χ1) is 9.33. The van der Waals surface area contributed by atoms with Crippen LogP contribution in [-0.4, -0.2) is 37.8 Å². The molecule has 6 heteroatoms. The van der Waals surface area contributed by atoms with Gasteiger partial charge in [-0.3, -0.25) is 0 Å². The molecule has 100 valence electrons. The summed E-state index contributed by atoms with van der Waals surface area (Å²) in [6.45, 7) is 2.08. The molecule has 5 nitrogen and oxygen atoms in total. The van der Waals surface area contributed by atoms with Crippen molar-refractivity contribution in [3.63, 3.8) is 0 Å². The Balaban J connectivity index is 1.75. The van der Waals surface area contributed by atoms with Crippen molar-refractivity contribution in [1.82, 2.24) is 20.2 Å². The summed E-state index contributed by atoms with van der Waals surface area (Å²) in [5, 5.41) is 14.9. The lowest BCUT2D eigenvalue weighted by atomic mass is 10.1. The molecule has 1 N–H and O–H groups in total. The smallest absolute Gasteiger partial charge is 0.143 e. The number of nitrogens with zero attached hydrogens (tertiary/aromatic N) is 4. The van der Waals surface area contributed by atoms with E-state index in [0.29, 0.717) is 6.04 Å². The van der Waals surface area contributed by atoms with Gasteiger partial charge < -0.3 is 5.32 Å². The summed E-state index contributed by atoms with van der Waals surface area (Å²) in [6.07, 6.45) is 4.12. The second kappa shape index (κ2) is 5.61. The molecule has 0 saturated carbocycles. The van der Waals surface area contributed by atoms with Crippen LogP contribution in [0.15, 0.2) is 24.5 Å². The summed E-state index contributed by atoms with van der Waals surface area (Å²) in [6, 6.07) is 6.94. The molecular weight excluding hydrogens is 258 g/mol. The lowest BCUT2D eigenvalue weighted by Crippen LogP contribution is -2.24. The number of thioether (sulfide) groups is 1. The van der Waals surface area contributed by atoms with Gasteiger partial charge in [0.15, 0.2) is 0 Å². The number of hydrogen-bond acceptors (Lipinski definition) is 5. The van der Waals surface area contributed by atoms with Crippen molar-refractivity contribution < 1.29 is 0 Å². The third-order valence-electron chi connectivity index (χ3n) is 3.38. The highest BCUT2D eigenvalue weighted by Gasteiger charge is 2.13. The van der Waals surface area contributed by atoms with E-state index in [2.05, 4.69) is 46.0 Å². The molecule has 0 atom stereocenters. The van der Waals surface area contributed by atoms with E-state index in [1.165, 1.54) is 35.6 Å². The standard InChI is InChI=1S/C13H17N5S/c1-10-8-12(15-11-4-6-19-7-5-11)2-3-13(10)18-9-14-16-17-18/h2-3,8-9,11,15H,4-7H2,1H3. The molecule has 0 radical (unpaired) electrons. The molecule has 3 rings (SSSR count). The molecule has 0 spiro atoms. The predicted octanol–water partition coefficient (Wildman–Crippen LogP) is 2.28. The zero-order valence-corrected chi connectivity index (χ0v) is 11.7. The Morgan fingerprint density at radius 1 is 1.32 bits per heavy atom. The van der Waals surface area contributed by atoms with Gasteiger partial charge in [0.05, 0.1) is 5.69 Å². The highest BCUT2D eigenvalue weighted by atomic mass is 32.2. The summed E-state index contributed by atoms with van der Waals surface area (Å²) in [5.41, 5.74) is 3.38. The molecule has 2 aromatic rings. The Bertz CT molecular complexity index is 534. The lowest BCUT2D eigenvalue weighted by molar-refractivity contribution is 0.667. The summed E-state index contributed by atoms with van der Waals surface area (Å²) in [5.74, 6) is 2.53. The quantitative estimate of drug-likeness (QED) is 0.931. The monoisotopic (exact) mass is 275 g/mol. The maximum Gasteiger partial charge on any atom is 0.143 e. The van der Waals surface area contributed by atoms with Gasteiger partial charge in [0.1, 0.15) is 6.33 Å². The molecule has 0 amide bonds. The minimum atomic E-state index is 0.611. The van der Waals surface area contributed by atoms with Crippen LogP contribution in [0.4, 0.5) is 5.69 Å². The van der Waals surface area contributed by atoms with Crippen LogP contribution in [0.5, 0.6) is 0 Å². The van der Waals surface area contributed by atoms with Gasteiger partial charge in [-0.15, -0.1) is 5.10 Å². The van der Waals surface area contributed by atoms with Gasteiger partial charge in [-0.05, 0) is 65.5 Å². The van der Waals surface area contributed by atoms with E-state index in [9.17, 15) is 0 Å². The molecule has 1 fully saturated rings. The predicted molar refractivity (Wildman–Crippen MR) is 77.9 cm³/mol. The van der Waals surface area contributed by atoms with Crippen LogP contribution in [0.2, 0.25) is 0 Å². The van der Waals surface area contributed by atoms with Crippen molar-refractivity contribution >= 4 is 17.4 Å². The van der Waals surface area contributed by atoms with E-state index in [1.54, 1.807) is 11.0 Å². The van der Waals surface area contributed by atoms with E-state index < -0.39 is 0 Å². The minimum absolute atomic E-state index is 0.611. The first kappa shape index (κ1) is 12.5. The number of nitrogens with one attached hydrogen (secondary N) is 1. The van der Waals surface area contributed by atoms with Gasteiger partial charge in [0.2, 0.25) is 0 Å². The zero-order chi connectivity index (χ0) is 13.1. The largest absolute Gasteiger partial charge is 0.382 e. The van der Waals surface area contributed by atoms with Crippen LogP contribution in [0.25, 0.3) is 5.69 Å². The van der Waals surface area contributed by atoms with Gasteiger partial charge >= 0.3 is 0 Å². The number of tetrazole rings is 1. The van der Waals surface area contributed by atoms with Crippen LogP contribution in [0.3, 0.4) is 0 Å². The fourth-order valence-electron chi connectivity index (χ4n) is 2.35. The molecule has 19 heavy (non-hydrogen) atoms. The Labute approximate surface area is 116 Å². The Morgan fingerprint density at radius 2 is 2.16 bits per heavy atom. The third kappa shape index (κ3) is 2.89. The first-order valence-corrected chi connectivity index (χ1v) is 7.67. The molecular formula is C13H17N5S. The minimum Gasteiger partial charge on any atom is -0.382 e. The molecule has 1 aliphatic heterocycles. The Kier molecular flexibility index (Phi) is 3.68. The maximum absolute atomic E-state index is 3.93. The Hall–Kier alpha value is -1.56. The van der Waals surface area contributed by atoms with Crippen LogP contribution >= 0.6 is 11.8 Å². The van der Waals surface area contributed by atoms with Crippen molar-refractivity contribution in [3.8, 4) is 5.69 Å². The normalized spacial score (nSPS) is 16.5. The van der Waals surface area contributed by atoms with Crippen molar-refractivity contribution in [2.75, 3.05) is 16.8 Å². The number of benzene rings is 1. The lowest BCUT2D eigenvalue weighted by Gasteiger charge is -2.24. The number of anilines is 1. The summed E-state index contributed by atoms with van der Waals surface area (Å²) in [7, 11) is 0. The number of rotatable bonds is 3. The van der Waals surface area contributed by atoms with Crippen LogP contribution < -0.4 is 5.32 Å². The van der Waals surface area contributed by atoms with Crippen LogP contribution in [0, 0.1) is 6.92 Å². The first-order valence-electron chi connectivity index (χ1n) is 6.51. The number of aryl methyl sites for hydroxylation is 1. The fraction of sp³-hybridized carbons (Fsp3) is 0.462. The van der Waals surface area contributed by atoms with E-state index in [4.69, 9.17) is 0 Å². The molecule has 0 aliphatic carbocycles. The van der Waals surface area contributed by atoms with E-state index in [-0.39, 0.29) is 0 Å². The fourth-order valence-corrected chi connectivity index (χ4v) is 3.46. The van der Waals surface area contributed by atoms with Gasteiger partial charge in [0.25, 0.3) is 0 Å². The molecule has 2 heterocycles. The summed E-state index contributed by atoms with van der Waals surface area (Å²) in [4.78, 5) is 0. The molecule has 0 bridgehead atoms.